The molecule has 1 aliphatic carbocycles. The third-order valence-electron chi connectivity index (χ3n) is 3.14. The first-order valence-corrected chi connectivity index (χ1v) is 5.25. The lowest BCUT2D eigenvalue weighted by Crippen LogP contribution is -2.18. The SMILES string of the molecule is NCc1ccccc1C(F)C1CCC1. The fraction of sp³-hybridized carbons (Fsp3) is 0.500. The van der Waals surface area contributed by atoms with Crippen molar-refractivity contribution >= 4 is 0 Å². The fourth-order valence-electron chi connectivity index (χ4n) is 1.98. The molecule has 0 saturated heterocycles. The number of rotatable bonds is 3. The zero-order valence-corrected chi connectivity index (χ0v) is 8.25. The van der Waals surface area contributed by atoms with Crippen LogP contribution >= 0.6 is 0 Å². The van der Waals surface area contributed by atoms with Gasteiger partial charge in [0.15, 0.2) is 0 Å². The Balaban J connectivity index is 2.20. The van der Waals surface area contributed by atoms with Crippen molar-refractivity contribution in [3.8, 4) is 0 Å². The summed E-state index contributed by atoms with van der Waals surface area (Å²) in [5.74, 6) is 0.239. The van der Waals surface area contributed by atoms with Crippen LogP contribution in [0, 0.1) is 5.92 Å². The van der Waals surface area contributed by atoms with Gasteiger partial charge in [-0.1, -0.05) is 30.7 Å². The summed E-state index contributed by atoms with van der Waals surface area (Å²) in [5.41, 5.74) is 7.34. The number of alkyl halides is 1. The highest BCUT2D eigenvalue weighted by Gasteiger charge is 2.29. The maximum atomic E-state index is 14.0. The van der Waals surface area contributed by atoms with Gasteiger partial charge in [0.2, 0.25) is 0 Å². The number of hydrogen-bond donors (Lipinski definition) is 1. The van der Waals surface area contributed by atoms with Gasteiger partial charge in [0.25, 0.3) is 0 Å². The van der Waals surface area contributed by atoms with Crippen LogP contribution in [0.15, 0.2) is 24.3 Å². The maximum Gasteiger partial charge on any atom is 0.128 e. The molecule has 0 spiro atoms. The van der Waals surface area contributed by atoms with Gasteiger partial charge in [-0.05, 0) is 29.9 Å². The molecular weight excluding hydrogens is 177 g/mol. The molecule has 1 saturated carbocycles. The van der Waals surface area contributed by atoms with Crippen molar-refractivity contribution in [2.75, 3.05) is 0 Å². The first-order valence-electron chi connectivity index (χ1n) is 5.25. The van der Waals surface area contributed by atoms with Crippen LogP contribution in [-0.4, -0.2) is 0 Å². The Morgan fingerprint density at radius 1 is 1.36 bits per heavy atom. The molecule has 2 rings (SSSR count). The molecular formula is C12H16FN. The largest absolute Gasteiger partial charge is 0.326 e. The van der Waals surface area contributed by atoms with E-state index >= 15 is 0 Å². The van der Waals surface area contributed by atoms with Gasteiger partial charge in [-0.25, -0.2) is 4.39 Å². The van der Waals surface area contributed by atoms with Crippen molar-refractivity contribution in [2.24, 2.45) is 11.7 Å². The Labute approximate surface area is 84.1 Å². The van der Waals surface area contributed by atoms with Crippen molar-refractivity contribution in [3.05, 3.63) is 35.4 Å². The van der Waals surface area contributed by atoms with E-state index in [1.54, 1.807) is 0 Å². The molecule has 0 aromatic heterocycles. The molecule has 1 aromatic carbocycles. The molecule has 1 nitrogen and oxygen atoms in total. The minimum atomic E-state index is -0.802. The van der Waals surface area contributed by atoms with Gasteiger partial charge in [-0.15, -0.1) is 0 Å². The van der Waals surface area contributed by atoms with Crippen molar-refractivity contribution < 1.29 is 4.39 Å². The standard InChI is InChI=1S/C12H16FN/c13-12(9-5-3-6-9)11-7-2-1-4-10(11)8-14/h1-2,4,7,9,12H,3,5-6,8,14H2. The molecule has 0 bridgehead atoms. The summed E-state index contributed by atoms with van der Waals surface area (Å²) in [6, 6.07) is 7.59. The van der Waals surface area contributed by atoms with Crippen molar-refractivity contribution in [2.45, 2.75) is 32.0 Å². The van der Waals surface area contributed by atoms with Crippen LogP contribution in [0.4, 0.5) is 4.39 Å². The average molecular weight is 193 g/mol. The third kappa shape index (κ3) is 1.67. The first-order chi connectivity index (χ1) is 6.83. The van der Waals surface area contributed by atoms with Gasteiger partial charge < -0.3 is 5.73 Å². The molecule has 0 radical (unpaired) electrons. The van der Waals surface area contributed by atoms with E-state index in [2.05, 4.69) is 0 Å². The number of halogens is 1. The summed E-state index contributed by atoms with van der Waals surface area (Å²) in [6.45, 7) is 0.434. The molecule has 0 heterocycles. The Morgan fingerprint density at radius 3 is 2.64 bits per heavy atom. The maximum absolute atomic E-state index is 14.0. The molecule has 14 heavy (non-hydrogen) atoms. The third-order valence-corrected chi connectivity index (χ3v) is 3.14. The van der Waals surface area contributed by atoms with Crippen LogP contribution in [-0.2, 0) is 6.54 Å². The summed E-state index contributed by atoms with van der Waals surface area (Å²) < 4.78 is 14.0. The number of benzene rings is 1. The Bertz CT molecular complexity index is 307. The number of hydrogen-bond acceptors (Lipinski definition) is 1. The summed E-state index contributed by atoms with van der Waals surface area (Å²) in [5, 5.41) is 0. The van der Waals surface area contributed by atoms with Crippen LogP contribution < -0.4 is 5.73 Å². The second-order valence-electron chi connectivity index (χ2n) is 4.00. The van der Waals surface area contributed by atoms with E-state index in [9.17, 15) is 4.39 Å². The van der Waals surface area contributed by atoms with Gasteiger partial charge in [-0.2, -0.15) is 0 Å². The van der Waals surface area contributed by atoms with Crippen molar-refractivity contribution in [3.63, 3.8) is 0 Å². The highest BCUT2D eigenvalue weighted by Crippen LogP contribution is 2.40. The van der Waals surface area contributed by atoms with Gasteiger partial charge in [-0.3, -0.25) is 0 Å². The molecule has 1 aromatic rings. The minimum absolute atomic E-state index is 0.239. The molecule has 0 amide bonds. The van der Waals surface area contributed by atoms with Gasteiger partial charge >= 0.3 is 0 Å². The summed E-state index contributed by atoms with van der Waals surface area (Å²) >= 11 is 0. The van der Waals surface area contributed by atoms with Gasteiger partial charge in [0.05, 0.1) is 0 Å². The number of nitrogens with two attached hydrogens (primary N) is 1. The van der Waals surface area contributed by atoms with E-state index < -0.39 is 6.17 Å². The molecule has 2 heteroatoms. The monoisotopic (exact) mass is 193 g/mol. The van der Waals surface area contributed by atoms with E-state index in [4.69, 9.17) is 5.73 Å². The predicted octanol–water partition coefficient (Wildman–Crippen LogP) is 2.96. The van der Waals surface area contributed by atoms with E-state index in [1.807, 2.05) is 24.3 Å². The summed E-state index contributed by atoms with van der Waals surface area (Å²) in [7, 11) is 0. The van der Waals surface area contributed by atoms with Crippen LogP contribution in [0.2, 0.25) is 0 Å². The minimum Gasteiger partial charge on any atom is -0.326 e. The smallest absolute Gasteiger partial charge is 0.128 e. The molecule has 1 aliphatic rings. The van der Waals surface area contributed by atoms with Gasteiger partial charge in [0.1, 0.15) is 6.17 Å². The summed E-state index contributed by atoms with van der Waals surface area (Å²) in [6.07, 6.45) is 2.43. The molecule has 2 N–H and O–H groups in total. The lowest BCUT2D eigenvalue weighted by atomic mass is 9.78. The van der Waals surface area contributed by atoms with E-state index in [-0.39, 0.29) is 5.92 Å². The van der Waals surface area contributed by atoms with Crippen LogP contribution in [0.1, 0.15) is 36.6 Å². The second-order valence-corrected chi connectivity index (χ2v) is 4.00. The Kier molecular flexibility index (Phi) is 2.82. The van der Waals surface area contributed by atoms with Crippen molar-refractivity contribution in [1.29, 1.82) is 0 Å². The highest BCUT2D eigenvalue weighted by molar-refractivity contribution is 5.29. The highest BCUT2D eigenvalue weighted by atomic mass is 19.1. The molecule has 1 fully saturated rings. The lowest BCUT2D eigenvalue weighted by Gasteiger charge is -2.29. The van der Waals surface area contributed by atoms with E-state index in [1.165, 1.54) is 6.42 Å². The van der Waals surface area contributed by atoms with E-state index in [0.717, 1.165) is 24.0 Å². The quantitative estimate of drug-likeness (QED) is 0.784. The molecule has 76 valence electrons. The lowest BCUT2D eigenvalue weighted by molar-refractivity contribution is 0.149. The molecule has 1 atom stereocenters. The first kappa shape index (κ1) is 9.66. The molecule has 0 aliphatic heterocycles. The normalized spacial score (nSPS) is 19.0. The Morgan fingerprint density at radius 2 is 2.07 bits per heavy atom. The average Bonchev–Trinajstić information content (AvgIpc) is 2.15. The van der Waals surface area contributed by atoms with Crippen molar-refractivity contribution in [1.82, 2.24) is 0 Å². The van der Waals surface area contributed by atoms with Gasteiger partial charge in [0, 0.05) is 6.54 Å². The molecule has 1 unspecified atom stereocenters. The zero-order chi connectivity index (χ0) is 9.97. The Hall–Kier alpha value is -0.890. The van der Waals surface area contributed by atoms with E-state index in [0.29, 0.717) is 6.54 Å². The predicted molar refractivity (Wildman–Crippen MR) is 55.5 cm³/mol. The summed E-state index contributed by atoms with van der Waals surface area (Å²) in [4.78, 5) is 0. The second kappa shape index (κ2) is 4.09. The zero-order valence-electron chi connectivity index (χ0n) is 8.25. The van der Waals surface area contributed by atoms with Crippen LogP contribution in [0.5, 0.6) is 0 Å². The topological polar surface area (TPSA) is 26.0 Å². The van der Waals surface area contributed by atoms with Crippen LogP contribution in [0.3, 0.4) is 0 Å². The fourth-order valence-corrected chi connectivity index (χ4v) is 1.98. The van der Waals surface area contributed by atoms with Crippen LogP contribution in [0.25, 0.3) is 0 Å².